The topological polar surface area (TPSA) is 117 Å². The smallest absolute Gasteiger partial charge is 0.236 e. The van der Waals surface area contributed by atoms with Gasteiger partial charge in [-0.05, 0) is 68.0 Å². The van der Waals surface area contributed by atoms with Crippen molar-refractivity contribution >= 4 is 51.5 Å². The van der Waals surface area contributed by atoms with Crippen LogP contribution in [0.2, 0.25) is 10.0 Å². The second-order valence-electron chi connectivity index (χ2n) is 11.1. The zero-order valence-electron chi connectivity index (χ0n) is 22.1. The minimum Gasteiger partial charge on any atom is -0.505 e. The van der Waals surface area contributed by atoms with Gasteiger partial charge in [-0.2, -0.15) is 0 Å². The molecule has 1 aromatic heterocycles. The molecular formula is C29H34Cl2N4O3. The first-order chi connectivity index (χ1) is 17.8. The number of nitrogens with zero attached hydrogens (tertiary/aromatic N) is 1. The van der Waals surface area contributed by atoms with Gasteiger partial charge in [-0.15, -0.1) is 0 Å². The largest absolute Gasteiger partial charge is 0.505 e. The molecule has 5 N–H and O–H groups in total. The number of hydrogen-bond acceptors (Lipinski definition) is 6. The van der Waals surface area contributed by atoms with Gasteiger partial charge in [0.2, 0.25) is 5.91 Å². The highest BCUT2D eigenvalue weighted by molar-refractivity contribution is 6.37. The third-order valence-electron chi connectivity index (χ3n) is 6.98. The quantitative estimate of drug-likeness (QED) is 0.263. The van der Waals surface area contributed by atoms with Crippen LogP contribution in [-0.2, 0) is 4.79 Å². The van der Waals surface area contributed by atoms with Crippen LogP contribution in [0.4, 0.5) is 5.69 Å². The lowest BCUT2D eigenvalue weighted by Crippen LogP contribution is -2.46. The fourth-order valence-electron chi connectivity index (χ4n) is 4.75. The number of aromatic hydroxyl groups is 1. The zero-order valence-corrected chi connectivity index (χ0v) is 23.6. The number of halogens is 2. The van der Waals surface area contributed by atoms with E-state index in [0.717, 1.165) is 53.4 Å². The van der Waals surface area contributed by atoms with Crippen molar-refractivity contribution in [1.29, 1.82) is 0 Å². The highest BCUT2D eigenvalue weighted by atomic mass is 35.5. The van der Waals surface area contributed by atoms with Crippen molar-refractivity contribution in [2.75, 3.05) is 5.32 Å². The summed E-state index contributed by atoms with van der Waals surface area (Å²) in [6, 6.07) is 8.78. The number of Topliss-reactive ketones (excluding diaryl/α,β-unsaturated/α-hetero) is 1. The predicted molar refractivity (Wildman–Crippen MR) is 154 cm³/mol. The Morgan fingerprint density at radius 2 is 1.63 bits per heavy atom. The summed E-state index contributed by atoms with van der Waals surface area (Å²) in [4.78, 5) is 30.1. The molecule has 1 fully saturated rings. The number of phenols is 1. The molecule has 7 nitrogen and oxygen atoms in total. The molecule has 0 bridgehead atoms. The lowest BCUT2D eigenvalue weighted by atomic mass is 9.85. The fraction of sp³-hybridized carbons (Fsp3) is 0.414. The maximum absolute atomic E-state index is 13.5. The molecule has 4 rings (SSSR count). The SMILES string of the molecule is CC(N)C(=O)N[C@H]1CC[C@H](Nc2c(C(=O)C(C)(C)C)cnc3ccc(-c4cc(Cl)c(O)c(Cl)c4)cc23)CC1. The van der Waals surface area contributed by atoms with Crippen LogP contribution in [-0.4, -0.2) is 39.9 Å². The van der Waals surface area contributed by atoms with Crippen LogP contribution in [0.15, 0.2) is 36.5 Å². The Balaban J connectivity index is 1.72. The van der Waals surface area contributed by atoms with Crippen molar-refractivity contribution in [2.24, 2.45) is 11.1 Å². The Kier molecular flexibility index (Phi) is 8.21. The number of pyridine rings is 1. The molecule has 3 aromatic rings. The highest BCUT2D eigenvalue weighted by Crippen LogP contribution is 2.39. The Hall–Kier alpha value is -2.87. The summed E-state index contributed by atoms with van der Waals surface area (Å²) in [5, 5.41) is 17.8. The Bertz CT molecular complexity index is 1350. The molecule has 0 radical (unpaired) electrons. The van der Waals surface area contributed by atoms with Gasteiger partial charge in [0.05, 0.1) is 32.9 Å². The van der Waals surface area contributed by atoms with Crippen molar-refractivity contribution in [1.82, 2.24) is 10.3 Å². The average Bonchev–Trinajstić information content (AvgIpc) is 2.87. The van der Waals surface area contributed by atoms with Gasteiger partial charge in [-0.1, -0.05) is 50.0 Å². The number of anilines is 1. The number of aromatic nitrogens is 1. The molecule has 9 heteroatoms. The number of carbonyl (C=O) groups is 2. The molecule has 0 saturated heterocycles. The van der Waals surface area contributed by atoms with Crippen molar-refractivity contribution < 1.29 is 14.7 Å². The minimum atomic E-state index is -0.595. The van der Waals surface area contributed by atoms with Crippen molar-refractivity contribution in [2.45, 2.75) is 71.5 Å². The summed E-state index contributed by atoms with van der Waals surface area (Å²) in [7, 11) is 0. The Morgan fingerprint density at radius 3 is 2.21 bits per heavy atom. The van der Waals surface area contributed by atoms with Gasteiger partial charge < -0.3 is 21.5 Å². The van der Waals surface area contributed by atoms with Gasteiger partial charge in [-0.3, -0.25) is 14.6 Å². The molecule has 0 spiro atoms. The van der Waals surface area contributed by atoms with E-state index < -0.39 is 11.5 Å². The maximum atomic E-state index is 13.5. The van der Waals surface area contributed by atoms with Gasteiger partial charge >= 0.3 is 0 Å². The predicted octanol–water partition coefficient (Wildman–Crippen LogP) is 6.33. The number of amides is 1. The van der Waals surface area contributed by atoms with Crippen molar-refractivity contribution in [3.8, 4) is 16.9 Å². The van der Waals surface area contributed by atoms with Crippen LogP contribution in [0.3, 0.4) is 0 Å². The Labute approximate surface area is 233 Å². The standard InChI is InChI=1S/C29H34Cl2N4O3/c1-15(32)28(38)35-19-8-6-18(7-9-19)34-25-20-11-16(17-12-22(30)26(36)23(31)13-17)5-10-24(20)33-14-21(25)27(37)29(2,3)4/h5,10-15,18-19,36H,6-9,32H2,1-4H3,(H,33,34)(H,35,38)/t15?,18-,19-. The first-order valence-corrected chi connectivity index (χ1v) is 13.6. The number of nitrogens with two attached hydrogens (primary N) is 1. The molecule has 202 valence electrons. The van der Waals surface area contributed by atoms with E-state index in [0.29, 0.717) is 5.56 Å². The summed E-state index contributed by atoms with van der Waals surface area (Å²) in [6.07, 6.45) is 4.95. The molecule has 2 aromatic carbocycles. The van der Waals surface area contributed by atoms with Crippen molar-refractivity contribution in [3.05, 3.63) is 52.1 Å². The number of ketones is 1. The van der Waals surface area contributed by atoms with Gasteiger partial charge in [0.1, 0.15) is 0 Å². The number of hydrogen-bond donors (Lipinski definition) is 4. The van der Waals surface area contributed by atoms with E-state index in [1.54, 1.807) is 25.3 Å². The molecule has 1 aliphatic rings. The van der Waals surface area contributed by atoms with E-state index in [9.17, 15) is 14.7 Å². The van der Waals surface area contributed by atoms with E-state index in [4.69, 9.17) is 28.9 Å². The van der Waals surface area contributed by atoms with E-state index in [1.165, 1.54) is 0 Å². The number of carbonyl (C=O) groups excluding carboxylic acids is 2. The Morgan fingerprint density at radius 1 is 1.03 bits per heavy atom. The van der Waals surface area contributed by atoms with Crippen LogP contribution in [0.1, 0.15) is 63.7 Å². The van der Waals surface area contributed by atoms with Crippen molar-refractivity contribution in [3.63, 3.8) is 0 Å². The van der Waals surface area contributed by atoms with E-state index >= 15 is 0 Å². The normalized spacial score (nSPS) is 18.7. The van der Waals surface area contributed by atoms with Gasteiger partial charge in [0.15, 0.2) is 11.5 Å². The van der Waals surface area contributed by atoms with Gasteiger partial charge in [0.25, 0.3) is 0 Å². The van der Waals surface area contributed by atoms with Crippen LogP contribution >= 0.6 is 23.2 Å². The summed E-state index contributed by atoms with van der Waals surface area (Å²) >= 11 is 12.4. The van der Waals surface area contributed by atoms with Gasteiger partial charge in [0, 0.05) is 29.1 Å². The second-order valence-corrected chi connectivity index (χ2v) is 12.0. The first kappa shape index (κ1) is 28.1. The third-order valence-corrected chi connectivity index (χ3v) is 7.56. The number of rotatable bonds is 6. The van der Waals surface area contributed by atoms with Crippen LogP contribution < -0.4 is 16.4 Å². The maximum Gasteiger partial charge on any atom is 0.236 e. The molecular weight excluding hydrogens is 523 g/mol. The molecule has 1 heterocycles. The average molecular weight is 558 g/mol. The molecule has 38 heavy (non-hydrogen) atoms. The van der Waals surface area contributed by atoms with Crippen LogP contribution in [0, 0.1) is 5.41 Å². The molecule has 1 atom stereocenters. The molecule has 1 unspecified atom stereocenters. The molecule has 1 aliphatic carbocycles. The number of phenolic OH excluding ortho intramolecular Hbond substituents is 1. The lowest BCUT2D eigenvalue weighted by Gasteiger charge is -2.32. The zero-order chi connectivity index (χ0) is 27.8. The lowest BCUT2D eigenvalue weighted by molar-refractivity contribution is -0.122. The highest BCUT2D eigenvalue weighted by Gasteiger charge is 2.29. The second kappa shape index (κ2) is 11.1. The third kappa shape index (κ3) is 6.06. The van der Waals surface area contributed by atoms with E-state index in [2.05, 4.69) is 15.6 Å². The monoisotopic (exact) mass is 556 g/mol. The summed E-state index contributed by atoms with van der Waals surface area (Å²) < 4.78 is 0. The van der Waals surface area contributed by atoms with E-state index in [-0.39, 0.29) is 39.6 Å². The summed E-state index contributed by atoms with van der Waals surface area (Å²) in [6.45, 7) is 7.37. The number of benzene rings is 2. The van der Waals surface area contributed by atoms with E-state index in [1.807, 2.05) is 39.0 Å². The molecule has 1 saturated carbocycles. The van der Waals surface area contributed by atoms with Gasteiger partial charge in [-0.25, -0.2) is 0 Å². The fourth-order valence-corrected chi connectivity index (χ4v) is 5.24. The molecule has 0 aliphatic heterocycles. The number of fused-ring (bicyclic) bond motifs is 1. The minimum absolute atomic E-state index is 0.00610. The molecule has 1 amide bonds. The van der Waals surface area contributed by atoms with Crippen LogP contribution in [0.25, 0.3) is 22.0 Å². The summed E-state index contributed by atoms with van der Waals surface area (Å²) in [5.41, 5.74) is 8.71. The summed E-state index contributed by atoms with van der Waals surface area (Å²) in [5.74, 6) is -0.303. The first-order valence-electron chi connectivity index (χ1n) is 12.8. The van der Waals surface area contributed by atoms with Crippen LogP contribution in [0.5, 0.6) is 5.75 Å². The number of nitrogens with one attached hydrogen (secondary N) is 2.